The van der Waals surface area contributed by atoms with Gasteiger partial charge in [-0.15, -0.1) is 11.8 Å². The Morgan fingerprint density at radius 1 is 1.07 bits per heavy atom. The summed E-state index contributed by atoms with van der Waals surface area (Å²) >= 11 is 1.62. The first-order valence-corrected chi connectivity index (χ1v) is 14.9. The van der Waals surface area contributed by atoms with Gasteiger partial charge in [-0.05, 0) is 37.1 Å². The van der Waals surface area contributed by atoms with Crippen LogP contribution in [0, 0.1) is 5.82 Å². The molecule has 0 saturated carbocycles. The first kappa shape index (κ1) is 31.1. The number of nitrogens with one attached hydrogen (secondary N) is 2. The molecule has 2 aromatic carbocycles. The summed E-state index contributed by atoms with van der Waals surface area (Å²) in [7, 11) is 3.44. The standard InChI is InChI=1S/C31H40FN5O2S/c1-4-5-6-7-8-9-13-18-34-36-31(39)27-21-33-28-19-23(32)16-17-26(28)30(27)35-24(20-29(38)37(2)3)22-40-25-14-11-10-12-15-25/h10-12,14-19,21,24H,4-9,13,20,22H2,1-3H3,(H,33,35)(H,36,39)/b34-18+. The molecule has 9 heteroatoms. The largest absolute Gasteiger partial charge is 0.380 e. The fourth-order valence-electron chi connectivity index (χ4n) is 4.20. The number of hydrazone groups is 1. The molecule has 40 heavy (non-hydrogen) atoms. The molecule has 0 aliphatic carbocycles. The third-order valence-electron chi connectivity index (χ3n) is 6.48. The minimum Gasteiger partial charge on any atom is -0.380 e. The quantitative estimate of drug-likeness (QED) is 0.0855. The first-order chi connectivity index (χ1) is 19.4. The van der Waals surface area contributed by atoms with Crippen LogP contribution in [0.3, 0.4) is 0 Å². The number of rotatable bonds is 16. The van der Waals surface area contributed by atoms with Gasteiger partial charge in [-0.1, -0.05) is 57.2 Å². The topological polar surface area (TPSA) is 86.7 Å². The minimum atomic E-state index is -0.422. The number of halogens is 1. The van der Waals surface area contributed by atoms with Gasteiger partial charge in [-0.3, -0.25) is 14.6 Å². The molecule has 0 bridgehead atoms. The molecule has 0 aliphatic rings. The summed E-state index contributed by atoms with van der Waals surface area (Å²) in [5.41, 5.74) is 3.81. The van der Waals surface area contributed by atoms with Crippen LogP contribution in [0.4, 0.5) is 10.1 Å². The van der Waals surface area contributed by atoms with E-state index in [-0.39, 0.29) is 23.9 Å². The molecule has 3 rings (SSSR count). The van der Waals surface area contributed by atoms with Crippen molar-refractivity contribution in [2.24, 2.45) is 5.10 Å². The summed E-state index contributed by atoms with van der Waals surface area (Å²) in [6, 6.07) is 13.9. The van der Waals surface area contributed by atoms with Crippen LogP contribution in [0.2, 0.25) is 0 Å². The predicted octanol–water partition coefficient (Wildman–Crippen LogP) is 6.89. The van der Waals surface area contributed by atoms with Crippen molar-refractivity contribution >= 4 is 46.4 Å². The number of pyridine rings is 1. The molecular formula is C31H40FN5O2S. The second kappa shape index (κ2) is 16.6. The van der Waals surface area contributed by atoms with Gasteiger partial charge in [-0.25, -0.2) is 9.82 Å². The van der Waals surface area contributed by atoms with Crippen LogP contribution in [-0.4, -0.2) is 53.8 Å². The van der Waals surface area contributed by atoms with E-state index in [0.717, 1.165) is 24.2 Å². The number of amides is 2. The van der Waals surface area contributed by atoms with Crippen molar-refractivity contribution in [3.63, 3.8) is 0 Å². The SMILES string of the molecule is CCCCCCCC/C=N/NC(=O)c1cnc2cc(F)ccc2c1NC(CSc1ccccc1)CC(=O)N(C)C. The Morgan fingerprint density at radius 3 is 2.58 bits per heavy atom. The molecule has 2 amide bonds. The second-order valence-corrected chi connectivity index (χ2v) is 11.1. The van der Waals surface area contributed by atoms with Gasteiger partial charge in [0.25, 0.3) is 5.91 Å². The van der Waals surface area contributed by atoms with Gasteiger partial charge in [-0.2, -0.15) is 5.10 Å². The lowest BCUT2D eigenvalue weighted by Gasteiger charge is -2.23. The fraction of sp³-hybridized carbons (Fsp3) is 0.419. The van der Waals surface area contributed by atoms with Crippen molar-refractivity contribution < 1.29 is 14.0 Å². The summed E-state index contributed by atoms with van der Waals surface area (Å²) in [4.78, 5) is 32.9. The van der Waals surface area contributed by atoms with Crippen molar-refractivity contribution in [1.82, 2.24) is 15.3 Å². The molecular weight excluding hydrogens is 525 g/mol. The lowest BCUT2D eigenvalue weighted by Crippen LogP contribution is -2.33. The normalized spacial score (nSPS) is 12.0. The van der Waals surface area contributed by atoms with Gasteiger partial charge in [0.1, 0.15) is 5.82 Å². The molecule has 0 fully saturated rings. The highest BCUT2D eigenvalue weighted by molar-refractivity contribution is 7.99. The minimum absolute atomic E-state index is 0.0409. The van der Waals surface area contributed by atoms with E-state index in [1.54, 1.807) is 43.0 Å². The lowest BCUT2D eigenvalue weighted by atomic mass is 10.1. The molecule has 3 aromatic rings. The Kier molecular flexibility index (Phi) is 12.9. The number of carbonyl (C=O) groups is 2. The predicted molar refractivity (Wildman–Crippen MR) is 164 cm³/mol. The zero-order valence-corrected chi connectivity index (χ0v) is 24.5. The molecule has 0 spiro atoms. The monoisotopic (exact) mass is 565 g/mol. The Labute approximate surface area is 241 Å². The van der Waals surface area contributed by atoms with Crippen LogP contribution in [0.5, 0.6) is 0 Å². The third-order valence-corrected chi connectivity index (χ3v) is 7.66. The average molecular weight is 566 g/mol. The number of fused-ring (bicyclic) bond motifs is 1. The van der Waals surface area contributed by atoms with Crippen molar-refractivity contribution in [1.29, 1.82) is 0 Å². The van der Waals surface area contributed by atoms with Gasteiger partial charge >= 0.3 is 0 Å². The van der Waals surface area contributed by atoms with Gasteiger partial charge in [0, 0.05) is 61.1 Å². The summed E-state index contributed by atoms with van der Waals surface area (Å²) < 4.78 is 14.0. The Morgan fingerprint density at radius 2 is 1.82 bits per heavy atom. The van der Waals surface area contributed by atoms with Crippen molar-refractivity contribution in [2.45, 2.75) is 69.2 Å². The van der Waals surface area contributed by atoms with Crippen molar-refractivity contribution in [2.75, 3.05) is 25.2 Å². The molecule has 1 atom stereocenters. The Bertz CT molecular complexity index is 1270. The van der Waals surface area contributed by atoms with E-state index in [4.69, 9.17) is 0 Å². The van der Waals surface area contributed by atoms with E-state index in [9.17, 15) is 14.0 Å². The summed E-state index contributed by atoms with van der Waals surface area (Å²) in [5, 5.41) is 8.17. The summed E-state index contributed by atoms with van der Waals surface area (Å²) in [6.07, 6.45) is 11.3. The Balaban J connectivity index is 1.79. The molecule has 1 unspecified atom stereocenters. The zero-order chi connectivity index (χ0) is 28.7. The van der Waals surface area contributed by atoms with E-state index in [1.165, 1.54) is 44.0 Å². The number of benzene rings is 2. The van der Waals surface area contributed by atoms with Gasteiger partial charge < -0.3 is 10.2 Å². The average Bonchev–Trinajstić information content (AvgIpc) is 2.95. The lowest BCUT2D eigenvalue weighted by molar-refractivity contribution is -0.128. The molecule has 7 nitrogen and oxygen atoms in total. The summed E-state index contributed by atoms with van der Waals surface area (Å²) in [5.74, 6) is -0.303. The van der Waals surface area contributed by atoms with Crippen molar-refractivity contribution in [3.8, 4) is 0 Å². The van der Waals surface area contributed by atoms with Crippen LogP contribution in [0.1, 0.15) is 68.6 Å². The number of aromatic nitrogens is 1. The number of hydrogen-bond acceptors (Lipinski definition) is 6. The highest BCUT2D eigenvalue weighted by Gasteiger charge is 2.22. The molecule has 0 saturated heterocycles. The highest BCUT2D eigenvalue weighted by atomic mass is 32.2. The molecule has 0 radical (unpaired) electrons. The number of hydrogen-bond donors (Lipinski definition) is 2. The molecule has 1 heterocycles. The third kappa shape index (κ3) is 9.93. The number of carbonyl (C=O) groups excluding carboxylic acids is 2. The maximum absolute atomic E-state index is 14.0. The van der Waals surface area contributed by atoms with E-state index in [0.29, 0.717) is 22.3 Å². The smallest absolute Gasteiger partial charge is 0.275 e. The van der Waals surface area contributed by atoms with Crippen LogP contribution >= 0.6 is 11.8 Å². The van der Waals surface area contributed by atoms with Crippen LogP contribution < -0.4 is 10.7 Å². The van der Waals surface area contributed by atoms with Gasteiger partial charge in [0.2, 0.25) is 5.91 Å². The number of nitrogens with zero attached hydrogens (tertiary/aromatic N) is 3. The van der Waals surface area contributed by atoms with E-state index >= 15 is 0 Å². The molecule has 0 aliphatic heterocycles. The second-order valence-electron chi connectivity index (χ2n) is 9.97. The molecule has 1 aromatic heterocycles. The Hall–Kier alpha value is -3.46. The highest BCUT2D eigenvalue weighted by Crippen LogP contribution is 2.29. The first-order valence-electron chi connectivity index (χ1n) is 13.9. The fourth-order valence-corrected chi connectivity index (χ4v) is 5.15. The zero-order valence-electron chi connectivity index (χ0n) is 23.7. The van der Waals surface area contributed by atoms with Crippen LogP contribution in [0.25, 0.3) is 10.9 Å². The maximum Gasteiger partial charge on any atom is 0.275 e. The van der Waals surface area contributed by atoms with E-state index < -0.39 is 11.7 Å². The summed E-state index contributed by atoms with van der Waals surface area (Å²) in [6.45, 7) is 2.20. The van der Waals surface area contributed by atoms with E-state index in [2.05, 4.69) is 27.8 Å². The van der Waals surface area contributed by atoms with Gasteiger partial charge in [0.15, 0.2) is 0 Å². The van der Waals surface area contributed by atoms with Crippen LogP contribution in [-0.2, 0) is 4.79 Å². The number of anilines is 1. The molecule has 214 valence electrons. The number of unbranched alkanes of at least 4 members (excludes halogenated alkanes) is 6. The molecule has 2 N–H and O–H groups in total. The van der Waals surface area contributed by atoms with Gasteiger partial charge in [0.05, 0.1) is 16.8 Å². The number of thioether (sulfide) groups is 1. The van der Waals surface area contributed by atoms with Crippen LogP contribution in [0.15, 0.2) is 64.7 Å². The maximum atomic E-state index is 14.0. The van der Waals surface area contributed by atoms with E-state index in [1.807, 2.05) is 30.3 Å². The van der Waals surface area contributed by atoms with Crippen molar-refractivity contribution in [3.05, 3.63) is 66.1 Å².